The largest absolute Gasteiger partial charge is 0.393 e. The van der Waals surface area contributed by atoms with Crippen molar-refractivity contribution in [2.75, 3.05) is 7.05 Å². The number of aliphatic hydroxyl groups excluding tert-OH is 1. The van der Waals surface area contributed by atoms with Gasteiger partial charge in [-0.05, 0) is 44.0 Å². The summed E-state index contributed by atoms with van der Waals surface area (Å²) >= 11 is 0. The van der Waals surface area contributed by atoms with E-state index in [1.807, 2.05) is 12.1 Å². The van der Waals surface area contributed by atoms with Gasteiger partial charge in [-0.1, -0.05) is 12.1 Å². The zero-order valence-corrected chi connectivity index (χ0v) is 9.56. The van der Waals surface area contributed by atoms with Gasteiger partial charge in [0, 0.05) is 12.6 Å². The van der Waals surface area contributed by atoms with Crippen LogP contribution >= 0.6 is 0 Å². The van der Waals surface area contributed by atoms with E-state index < -0.39 is 0 Å². The average Bonchev–Trinajstić information content (AvgIpc) is 2.68. The molecule has 1 aromatic rings. The van der Waals surface area contributed by atoms with Gasteiger partial charge in [0.15, 0.2) is 0 Å². The number of halogens is 1. The summed E-state index contributed by atoms with van der Waals surface area (Å²) in [6.45, 7) is 0.817. The van der Waals surface area contributed by atoms with E-state index in [1.165, 1.54) is 12.1 Å². The second-order valence-corrected chi connectivity index (χ2v) is 4.66. The predicted molar refractivity (Wildman–Crippen MR) is 61.5 cm³/mol. The molecule has 2 nitrogen and oxygen atoms in total. The van der Waals surface area contributed by atoms with Crippen LogP contribution in [0.5, 0.6) is 0 Å². The molecule has 0 bridgehead atoms. The molecule has 16 heavy (non-hydrogen) atoms. The van der Waals surface area contributed by atoms with E-state index in [4.69, 9.17) is 0 Å². The fourth-order valence-electron chi connectivity index (χ4n) is 2.34. The van der Waals surface area contributed by atoms with Crippen molar-refractivity contribution in [3.63, 3.8) is 0 Å². The maximum absolute atomic E-state index is 12.7. The minimum Gasteiger partial charge on any atom is -0.393 e. The molecule has 0 aromatic heterocycles. The fourth-order valence-corrected chi connectivity index (χ4v) is 2.34. The quantitative estimate of drug-likeness (QED) is 0.849. The van der Waals surface area contributed by atoms with Crippen LogP contribution in [0.4, 0.5) is 4.39 Å². The average molecular weight is 223 g/mol. The van der Waals surface area contributed by atoms with Gasteiger partial charge in [0.25, 0.3) is 0 Å². The van der Waals surface area contributed by atoms with Crippen molar-refractivity contribution in [2.45, 2.75) is 38.0 Å². The van der Waals surface area contributed by atoms with Crippen LogP contribution in [0, 0.1) is 5.82 Å². The fraction of sp³-hybridized carbons (Fsp3) is 0.538. The maximum Gasteiger partial charge on any atom is 0.123 e. The van der Waals surface area contributed by atoms with Crippen LogP contribution in [0.15, 0.2) is 24.3 Å². The number of hydrogen-bond donors (Lipinski definition) is 1. The normalized spacial score (nSPS) is 25.2. The Labute approximate surface area is 95.7 Å². The van der Waals surface area contributed by atoms with Gasteiger partial charge in [-0.25, -0.2) is 4.39 Å². The molecular weight excluding hydrogens is 205 g/mol. The zero-order chi connectivity index (χ0) is 11.5. The molecule has 1 fully saturated rings. The highest BCUT2D eigenvalue weighted by molar-refractivity contribution is 5.16. The third-order valence-electron chi connectivity index (χ3n) is 3.35. The van der Waals surface area contributed by atoms with E-state index >= 15 is 0 Å². The van der Waals surface area contributed by atoms with Crippen LogP contribution in [0.2, 0.25) is 0 Å². The van der Waals surface area contributed by atoms with Crippen LogP contribution in [-0.4, -0.2) is 29.2 Å². The predicted octanol–water partition coefficient (Wildman–Crippen LogP) is 2.17. The maximum atomic E-state index is 12.7. The molecule has 1 saturated carbocycles. The molecule has 1 N–H and O–H groups in total. The highest BCUT2D eigenvalue weighted by atomic mass is 19.1. The second-order valence-electron chi connectivity index (χ2n) is 4.66. The molecule has 0 spiro atoms. The number of aliphatic hydroxyl groups is 1. The topological polar surface area (TPSA) is 23.5 Å². The Morgan fingerprint density at radius 3 is 2.56 bits per heavy atom. The first kappa shape index (κ1) is 11.6. The Hall–Kier alpha value is -0.930. The molecule has 2 rings (SSSR count). The Balaban J connectivity index is 1.91. The smallest absolute Gasteiger partial charge is 0.123 e. The first-order valence-corrected chi connectivity index (χ1v) is 5.78. The summed E-state index contributed by atoms with van der Waals surface area (Å²) in [7, 11) is 2.06. The van der Waals surface area contributed by atoms with Crippen LogP contribution in [-0.2, 0) is 6.54 Å². The Bertz CT molecular complexity index is 338. The standard InChI is InChI=1S/C13H18FNO/c1-15(12-6-7-13(16)8-12)9-10-2-4-11(14)5-3-10/h2-5,12-13,16H,6-9H2,1H3. The van der Waals surface area contributed by atoms with Crippen molar-refractivity contribution in [1.29, 1.82) is 0 Å². The van der Waals surface area contributed by atoms with Gasteiger partial charge in [0.2, 0.25) is 0 Å². The van der Waals surface area contributed by atoms with Gasteiger partial charge < -0.3 is 5.11 Å². The molecule has 0 amide bonds. The summed E-state index contributed by atoms with van der Waals surface area (Å²) in [5.41, 5.74) is 1.12. The van der Waals surface area contributed by atoms with Crippen molar-refractivity contribution in [3.8, 4) is 0 Å². The van der Waals surface area contributed by atoms with E-state index in [0.717, 1.165) is 31.4 Å². The summed E-state index contributed by atoms with van der Waals surface area (Å²) in [4.78, 5) is 2.24. The Morgan fingerprint density at radius 1 is 1.31 bits per heavy atom. The molecule has 0 radical (unpaired) electrons. The molecular formula is C13H18FNO. The summed E-state index contributed by atoms with van der Waals surface area (Å²) in [6.07, 6.45) is 2.68. The van der Waals surface area contributed by atoms with Crippen molar-refractivity contribution in [3.05, 3.63) is 35.6 Å². The van der Waals surface area contributed by atoms with Gasteiger partial charge in [-0.15, -0.1) is 0 Å². The van der Waals surface area contributed by atoms with Crippen LogP contribution in [0.3, 0.4) is 0 Å². The molecule has 0 aliphatic heterocycles. The van der Waals surface area contributed by atoms with Gasteiger partial charge in [0.05, 0.1) is 6.10 Å². The number of hydrogen-bond acceptors (Lipinski definition) is 2. The molecule has 1 aromatic carbocycles. The summed E-state index contributed by atoms with van der Waals surface area (Å²) in [5.74, 6) is -0.192. The SMILES string of the molecule is CN(Cc1ccc(F)cc1)C1CCC(O)C1. The van der Waals surface area contributed by atoms with Crippen molar-refractivity contribution in [2.24, 2.45) is 0 Å². The molecule has 3 heteroatoms. The van der Waals surface area contributed by atoms with Crippen molar-refractivity contribution >= 4 is 0 Å². The number of benzene rings is 1. The van der Waals surface area contributed by atoms with Gasteiger partial charge in [-0.3, -0.25) is 4.90 Å². The highest BCUT2D eigenvalue weighted by Crippen LogP contribution is 2.24. The van der Waals surface area contributed by atoms with E-state index in [9.17, 15) is 9.50 Å². The molecule has 88 valence electrons. The monoisotopic (exact) mass is 223 g/mol. The van der Waals surface area contributed by atoms with Crippen LogP contribution in [0.1, 0.15) is 24.8 Å². The van der Waals surface area contributed by atoms with E-state index in [1.54, 1.807) is 0 Å². The third-order valence-corrected chi connectivity index (χ3v) is 3.35. The highest BCUT2D eigenvalue weighted by Gasteiger charge is 2.25. The summed E-state index contributed by atoms with van der Waals surface area (Å²) < 4.78 is 12.7. The zero-order valence-electron chi connectivity index (χ0n) is 9.56. The molecule has 1 aliphatic carbocycles. The van der Waals surface area contributed by atoms with Crippen molar-refractivity contribution in [1.82, 2.24) is 4.90 Å². The first-order chi connectivity index (χ1) is 7.65. The van der Waals surface area contributed by atoms with Crippen LogP contribution < -0.4 is 0 Å². The summed E-state index contributed by atoms with van der Waals surface area (Å²) in [6, 6.07) is 7.08. The lowest BCUT2D eigenvalue weighted by atomic mass is 10.1. The summed E-state index contributed by atoms with van der Waals surface area (Å²) in [5, 5.41) is 9.47. The molecule has 0 saturated heterocycles. The van der Waals surface area contributed by atoms with Gasteiger partial charge >= 0.3 is 0 Å². The van der Waals surface area contributed by atoms with E-state index in [0.29, 0.717) is 6.04 Å². The molecule has 0 heterocycles. The molecule has 2 atom stereocenters. The minimum atomic E-state index is -0.192. The first-order valence-electron chi connectivity index (χ1n) is 5.78. The van der Waals surface area contributed by atoms with E-state index in [-0.39, 0.29) is 11.9 Å². The lowest BCUT2D eigenvalue weighted by Gasteiger charge is -2.24. The second kappa shape index (κ2) is 4.93. The number of rotatable bonds is 3. The molecule has 1 aliphatic rings. The lowest BCUT2D eigenvalue weighted by molar-refractivity contribution is 0.161. The van der Waals surface area contributed by atoms with Crippen LogP contribution in [0.25, 0.3) is 0 Å². The lowest BCUT2D eigenvalue weighted by Crippen LogP contribution is -2.29. The molecule has 2 unspecified atom stereocenters. The Morgan fingerprint density at radius 2 is 2.00 bits per heavy atom. The van der Waals surface area contributed by atoms with Crippen molar-refractivity contribution < 1.29 is 9.50 Å². The Kier molecular flexibility index (Phi) is 3.56. The number of nitrogens with zero attached hydrogens (tertiary/aromatic N) is 1. The van der Waals surface area contributed by atoms with Gasteiger partial charge in [-0.2, -0.15) is 0 Å². The van der Waals surface area contributed by atoms with E-state index in [2.05, 4.69) is 11.9 Å². The third kappa shape index (κ3) is 2.80. The van der Waals surface area contributed by atoms with Gasteiger partial charge in [0.1, 0.15) is 5.82 Å². The minimum absolute atomic E-state index is 0.138.